The molecule has 0 unspecified atom stereocenters. The van der Waals surface area contributed by atoms with Gasteiger partial charge in [-0.15, -0.1) is 0 Å². The second kappa shape index (κ2) is 16.6. The Bertz CT molecular complexity index is 1100. The number of likely N-dealkylation sites (N-methyl/N-ethyl adjacent to an activating group) is 2. The first-order valence-electron chi connectivity index (χ1n) is 18.0. The van der Waals surface area contributed by atoms with Crippen molar-refractivity contribution in [2.75, 3.05) is 41.3 Å². The van der Waals surface area contributed by atoms with Crippen LogP contribution in [0.5, 0.6) is 0 Å². The molecule has 13 heteroatoms. The van der Waals surface area contributed by atoms with Crippen molar-refractivity contribution in [2.24, 2.45) is 17.8 Å². The second-order valence-corrected chi connectivity index (χ2v) is 16.1. The van der Waals surface area contributed by atoms with Crippen LogP contribution in [0.1, 0.15) is 88.0 Å². The standard InChI is InChI=1S/C36H66N2O11/c1-14-26-35(8,43)19-38(12)18-20(2)16-34(7,42)31(49-33-28(39)25(37(10)11)15-21(3)45-33)22(4)29(23(5)32(41)47-26)48-27-17-36(9,44-13)30(40)24(6)46-27/h20-29,31,33,39,42-43H,14-19H2,1-13H3/t20-,21-,22+,23-,24+,25+,26-,27+,28-,29+,31-,33+,34-,35+,36-/m1/s1. The molecule has 0 spiro atoms. The smallest absolute Gasteiger partial charge is 0.311 e. The van der Waals surface area contributed by atoms with Gasteiger partial charge in [0.1, 0.15) is 29.5 Å². The first-order valence-corrected chi connectivity index (χ1v) is 18.0. The lowest BCUT2D eigenvalue weighted by molar-refractivity contribution is -0.308. The predicted molar refractivity (Wildman–Crippen MR) is 183 cm³/mol. The fourth-order valence-corrected chi connectivity index (χ4v) is 8.29. The molecule has 3 heterocycles. The zero-order valence-corrected chi connectivity index (χ0v) is 32.2. The third-order valence-corrected chi connectivity index (χ3v) is 10.9. The van der Waals surface area contributed by atoms with Crippen LogP contribution in [-0.2, 0) is 38.0 Å². The van der Waals surface area contributed by atoms with Crippen molar-refractivity contribution in [3.63, 3.8) is 0 Å². The Morgan fingerprint density at radius 3 is 2.18 bits per heavy atom. The molecule has 0 saturated carbocycles. The second-order valence-electron chi connectivity index (χ2n) is 16.1. The Morgan fingerprint density at radius 1 is 0.980 bits per heavy atom. The molecular formula is C36H66N2O11. The van der Waals surface area contributed by atoms with Crippen molar-refractivity contribution < 1.29 is 53.3 Å². The molecule has 3 rings (SSSR count). The van der Waals surface area contributed by atoms with Gasteiger partial charge in [0.05, 0.1) is 29.8 Å². The van der Waals surface area contributed by atoms with Crippen LogP contribution in [0.2, 0.25) is 0 Å². The minimum atomic E-state index is -1.50. The highest BCUT2D eigenvalue weighted by molar-refractivity contribution is 5.91. The molecule has 15 atom stereocenters. The number of aliphatic hydroxyl groups is 3. The van der Waals surface area contributed by atoms with Crippen molar-refractivity contribution in [1.82, 2.24) is 9.80 Å². The number of ether oxygens (including phenoxy) is 6. The van der Waals surface area contributed by atoms with E-state index in [0.29, 0.717) is 25.8 Å². The van der Waals surface area contributed by atoms with Gasteiger partial charge in [-0.05, 0) is 87.9 Å². The highest BCUT2D eigenvalue weighted by atomic mass is 16.7. The van der Waals surface area contributed by atoms with Gasteiger partial charge in [0, 0.05) is 38.6 Å². The van der Waals surface area contributed by atoms with Gasteiger partial charge in [-0.1, -0.05) is 20.8 Å². The number of hydrogen-bond donors (Lipinski definition) is 3. The van der Waals surface area contributed by atoms with Gasteiger partial charge in [0.15, 0.2) is 18.4 Å². The van der Waals surface area contributed by atoms with Crippen molar-refractivity contribution >= 4 is 11.8 Å². The number of carbonyl (C=O) groups excluding carboxylic acids is 2. The summed E-state index contributed by atoms with van der Waals surface area (Å²) >= 11 is 0. The Balaban J connectivity index is 2.13. The highest BCUT2D eigenvalue weighted by Crippen LogP contribution is 2.39. The molecule has 0 aliphatic carbocycles. The number of rotatable bonds is 7. The van der Waals surface area contributed by atoms with E-state index in [0.717, 1.165) is 0 Å². The van der Waals surface area contributed by atoms with Crippen LogP contribution >= 0.6 is 0 Å². The van der Waals surface area contributed by atoms with E-state index in [9.17, 15) is 24.9 Å². The Hall–Kier alpha value is -1.26. The van der Waals surface area contributed by atoms with E-state index >= 15 is 0 Å². The number of cyclic esters (lactones) is 1. The molecule has 3 saturated heterocycles. The number of Topliss-reactive ketones (excluding diaryl/α,β-unsaturated/α-hetero) is 1. The molecule has 0 aromatic carbocycles. The van der Waals surface area contributed by atoms with E-state index in [-0.39, 0.29) is 36.8 Å². The van der Waals surface area contributed by atoms with Crippen LogP contribution in [-0.4, -0.2) is 150 Å². The number of ketones is 1. The molecule has 49 heavy (non-hydrogen) atoms. The summed E-state index contributed by atoms with van der Waals surface area (Å²) in [5.74, 6) is -2.51. The monoisotopic (exact) mass is 702 g/mol. The molecule has 3 aliphatic heterocycles. The Morgan fingerprint density at radius 2 is 1.61 bits per heavy atom. The van der Waals surface area contributed by atoms with Crippen molar-refractivity contribution in [1.29, 1.82) is 0 Å². The number of hydrogen-bond acceptors (Lipinski definition) is 13. The van der Waals surface area contributed by atoms with E-state index in [4.69, 9.17) is 28.4 Å². The molecule has 0 bridgehead atoms. The van der Waals surface area contributed by atoms with Gasteiger partial charge in [-0.2, -0.15) is 0 Å². The summed E-state index contributed by atoms with van der Waals surface area (Å²) in [4.78, 5) is 30.9. The van der Waals surface area contributed by atoms with Crippen LogP contribution in [0, 0.1) is 17.8 Å². The van der Waals surface area contributed by atoms with E-state index in [2.05, 4.69) is 0 Å². The maximum Gasteiger partial charge on any atom is 0.311 e. The summed E-state index contributed by atoms with van der Waals surface area (Å²) in [6.07, 6.45) is -5.53. The fourth-order valence-electron chi connectivity index (χ4n) is 8.29. The molecule has 286 valence electrons. The molecule has 0 aromatic heterocycles. The first-order chi connectivity index (χ1) is 22.6. The van der Waals surface area contributed by atoms with E-state index in [1.54, 1.807) is 34.6 Å². The third kappa shape index (κ3) is 10.00. The van der Waals surface area contributed by atoms with Crippen molar-refractivity contribution in [2.45, 2.75) is 160 Å². The summed E-state index contributed by atoms with van der Waals surface area (Å²) in [5.41, 5.74) is -4.03. The maximum absolute atomic E-state index is 14.0. The largest absolute Gasteiger partial charge is 0.459 e. The number of β-amino-alcohol motifs (C(OH)–C–C–N with tert-alkyl or cyclic N) is 1. The zero-order valence-electron chi connectivity index (χ0n) is 32.2. The van der Waals surface area contributed by atoms with Crippen LogP contribution in [0.4, 0.5) is 0 Å². The van der Waals surface area contributed by atoms with Crippen molar-refractivity contribution in [3.05, 3.63) is 0 Å². The Kier molecular flexibility index (Phi) is 14.3. The number of methoxy groups -OCH3 is 1. The van der Waals surface area contributed by atoms with Gasteiger partial charge in [0.2, 0.25) is 0 Å². The first kappa shape index (κ1) is 42.2. The quantitative estimate of drug-likeness (QED) is 0.333. The average Bonchev–Trinajstić information content (AvgIpc) is 2.99. The summed E-state index contributed by atoms with van der Waals surface area (Å²) in [6.45, 7) is 16.8. The Labute approximate surface area is 293 Å². The zero-order chi connectivity index (χ0) is 37.2. The van der Waals surface area contributed by atoms with Gasteiger partial charge in [-0.25, -0.2) is 0 Å². The molecule has 13 nitrogen and oxygen atoms in total. The minimum Gasteiger partial charge on any atom is -0.459 e. The van der Waals surface area contributed by atoms with Gasteiger partial charge >= 0.3 is 5.97 Å². The van der Waals surface area contributed by atoms with Crippen LogP contribution in [0.3, 0.4) is 0 Å². The average molecular weight is 703 g/mol. The summed E-state index contributed by atoms with van der Waals surface area (Å²) in [5, 5.41) is 35.4. The number of aliphatic hydroxyl groups excluding tert-OH is 1. The van der Waals surface area contributed by atoms with E-state index < -0.39 is 77.7 Å². The predicted octanol–water partition coefficient (Wildman–Crippen LogP) is 2.36. The molecule has 0 aromatic rings. The molecule has 3 N–H and O–H groups in total. The summed E-state index contributed by atoms with van der Waals surface area (Å²) in [6, 6.07) is -0.249. The lowest BCUT2D eigenvalue weighted by Gasteiger charge is -2.48. The number of nitrogens with zero attached hydrogens (tertiary/aromatic N) is 2. The van der Waals surface area contributed by atoms with Crippen LogP contribution in [0.25, 0.3) is 0 Å². The number of carbonyl (C=O) groups is 2. The van der Waals surface area contributed by atoms with Crippen LogP contribution in [0.15, 0.2) is 0 Å². The van der Waals surface area contributed by atoms with E-state index in [1.165, 1.54) is 7.11 Å². The molecule has 0 amide bonds. The van der Waals surface area contributed by atoms with Crippen molar-refractivity contribution in [3.8, 4) is 0 Å². The molecular weight excluding hydrogens is 636 g/mol. The molecule has 3 aliphatic rings. The normalized spacial score (nSPS) is 47.1. The lowest BCUT2D eigenvalue weighted by atomic mass is 9.77. The maximum atomic E-state index is 14.0. The van der Waals surface area contributed by atoms with Gasteiger partial charge < -0.3 is 53.5 Å². The molecule has 0 radical (unpaired) electrons. The minimum absolute atomic E-state index is 0.0574. The summed E-state index contributed by atoms with van der Waals surface area (Å²) < 4.78 is 37.2. The summed E-state index contributed by atoms with van der Waals surface area (Å²) in [7, 11) is 7.14. The van der Waals surface area contributed by atoms with Crippen LogP contribution < -0.4 is 0 Å². The SMILES string of the molecule is CC[C@H]1OC(=O)[C@H](C)[C@@H](O[C@H]2C[C@@](C)(OC)C(=O)[C@H](C)O2)[C@H](C)[C@@H](O[C@@H]2O[C@H](C)C[C@H](N(C)C)[C@H]2O)[C@](C)(O)C[C@@H](C)CN(C)C[C@]1(C)O. The van der Waals surface area contributed by atoms with E-state index in [1.807, 2.05) is 58.6 Å². The van der Waals surface area contributed by atoms with Gasteiger partial charge in [0.25, 0.3) is 0 Å². The number of esters is 1. The molecule has 3 fully saturated rings. The topological polar surface area (TPSA) is 157 Å². The third-order valence-electron chi connectivity index (χ3n) is 10.9. The van der Waals surface area contributed by atoms with Gasteiger partial charge in [-0.3, -0.25) is 9.59 Å². The highest BCUT2D eigenvalue weighted by Gasteiger charge is 2.52. The fraction of sp³-hybridized carbons (Fsp3) is 0.944. The lowest BCUT2D eigenvalue weighted by Crippen LogP contribution is -2.60.